The minimum absolute atomic E-state index is 0.0612. The molecule has 1 N–H and O–H groups in total. The highest BCUT2D eigenvalue weighted by molar-refractivity contribution is 7.87. The highest BCUT2D eigenvalue weighted by atomic mass is 32.2. The largest absolute Gasteiger partial charge is 0.350 e. The molecule has 0 unspecified atom stereocenters. The summed E-state index contributed by atoms with van der Waals surface area (Å²) in [5.74, 6) is 0.360. The molecule has 1 saturated heterocycles. The molecule has 4 rings (SSSR count). The van der Waals surface area contributed by atoms with Gasteiger partial charge in [0.2, 0.25) is 0 Å². The fourth-order valence-electron chi connectivity index (χ4n) is 5.55. The number of rotatable bonds is 7. The third kappa shape index (κ3) is 3.63. The number of benzene rings is 1. The summed E-state index contributed by atoms with van der Waals surface area (Å²) in [6.07, 6.45) is 5.27. The second kappa shape index (κ2) is 8.02. The molecule has 1 aliphatic heterocycles. The monoisotopic (exact) mass is 418 g/mol. The van der Waals surface area contributed by atoms with Crippen LogP contribution in [0.3, 0.4) is 0 Å². The molecule has 1 aliphatic carbocycles. The van der Waals surface area contributed by atoms with E-state index in [0.717, 1.165) is 32.4 Å². The molecule has 6 nitrogen and oxygen atoms in total. The average Bonchev–Trinajstić information content (AvgIpc) is 3.00. The molecular formula is C22H34N4O2S. The van der Waals surface area contributed by atoms with Crippen LogP contribution in [0.5, 0.6) is 0 Å². The van der Waals surface area contributed by atoms with Gasteiger partial charge in [0.1, 0.15) is 0 Å². The Balaban J connectivity index is 1.69. The molecule has 1 fully saturated rings. The number of hydrogen-bond acceptors (Lipinski definition) is 3. The van der Waals surface area contributed by atoms with Crippen LogP contribution >= 0.6 is 0 Å². The highest BCUT2D eigenvalue weighted by Gasteiger charge is 2.42. The second-order valence-corrected chi connectivity index (χ2v) is 10.2. The van der Waals surface area contributed by atoms with Gasteiger partial charge in [-0.25, -0.2) is 0 Å². The minimum Gasteiger partial charge on any atom is -0.350 e. The van der Waals surface area contributed by atoms with E-state index in [9.17, 15) is 8.42 Å². The summed E-state index contributed by atoms with van der Waals surface area (Å²) >= 11 is 0. The zero-order valence-electron chi connectivity index (χ0n) is 18.1. The van der Waals surface area contributed by atoms with Gasteiger partial charge in [0, 0.05) is 61.8 Å². The summed E-state index contributed by atoms with van der Waals surface area (Å²) in [6, 6.07) is 6.99. The standard InChI is InChI=1S/C22H34N4O2S/c1-5-11-25-15-17(23-29(27,28)26(6-2)7-3)13-19-18-9-8-10-20-22(18)16(12-21(19)25)14-24(20)4/h8-10,14,17,19,21,23H,5-7,11-13,15H2,1-4H3/t17-,19+,21+/m0/s1. The normalized spacial score (nSPS) is 24.9. The molecule has 7 heteroatoms. The summed E-state index contributed by atoms with van der Waals surface area (Å²) < 4.78 is 32.5. The first-order chi connectivity index (χ1) is 13.9. The van der Waals surface area contributed by atoms with E-state index in [4.69, 9.17) is 0 Å². The van der Waals surface area contributed by atoms with Gasteiger partial charge in [0.25, 0.3) is 10.2 Å². The third-order valence-corrected chi connectivity index (χ3v) is 8.58. The van der Waals surface area contributed by atoms with Crippen LogP contribution in [0.15, 0.2) is 24.4 Å². The molecule has 0 radical (unpaired) electrons. The van der Waals surface area contributed by atoms with Crippen LogP contribution in [-0.2, 0) is 23.7 Å². The first kappa shape index (κ1) is 20.8. The number of nitrogens with one attached hydrogen (secondary N) is 1. The van der Waals surface area contributed by atoms with Crippen molar-refractivity contribution in [2.75, 3.05) is 26.2 Å². The van der Waals surface area contributed by atoms with Crippen LogP contribution in [-0.4, -0.2) is 60.5 Å². The smallest absolute Gasteiger partial charge is 0.279 e. The van der Waals surface area contributed by atoms with Crippen molar-refractivity contribution in [3.63, 3.8) is 0 Å². The fourth-order valence-corrected chi connectivity index (χ4v) is 6.97. The average molecular weight is 419 g/mol. The van der Waals surface area contributed by atoms with Crippen molar-refractivity contribution in [1.82, 2.24) is 18.5 Å². The molecule has 1 aromatic carbocycles. The Hall–Kier alpha value is -1.41. The molecular weight excluding hydrogens is 384 g/mol. The molecule has 29 heavy (non-hydrogen) atoms. The number of piperidine rings is 1. The molecule has 0 saturated carbocycles. The van der Waals surface area contributed by atoms with Gasteiger partial charge in [-0.15, -0.1) is 0 Å². The minimum atomic E-state index is -3.45. The van der Waals surface area contributed by atoms with E-state index in [2.05, 4.69) is 52.6 Å². The van der Waals surface area contributed by atoms with Gasteiger partial charge in [-0.1, -0.05) is 32.9 Å². The van der Waals surface area contributed by atoms with Crippen molar-refractivity contribution < 1.29 is 8.42 Å². The second-order valence-electron chi connectivity index (χ2n) is 8.52. The van der Waals surface area contributed by atoms with Crippen LogP contribution in [0.4, 0.5) is 0 Å². The summed E-state index contributed by atoms with van der Waals surface area (Å²) in [6.45, 7) is 8.77. The molecule has 2 heterocycles. The van der Waals surface area contributed by atoms with Crippen molar-refractivity contribution in [1.29, 1.82) is 0 Å². The number of nitrogens with zero attached hydrogens (tertiary/aromatic N) is 3. The van der Waals surface area contributed by atoms with Crippen LogP contribution in [0, 0.1) is 0 Å². The van der Waals surface area contributed by atoms with Crippen LogP contribution in [0.1, 0.15) is 50.7 Å². The molecule has 0 bridgehead atoms. The summed E-state index contributed by atoms with van der Waals surface area (Å²) in [5, 5.41) is 1.39. The fraction of sp³-hybridized carbons (Fsp3) is 0.636. The molecule has 160 valence electrons. The number of aryl methyl sites for hydroxylation is 1. The lowest BCUT2D eigenvalue weighted by molar-refractivity contribution is 0.105. The van der Waals surface area contributed by atoms with Gasteiger partial charge in [0.15, 0.2) is 0 Å². The van der Waals surface area contributed by atoms with Gasteiger partial charge >= 0.3 is 0 Å². The van der Waals surface area contributed by atoms with E-state index in [1.54, 1.807) is 0 Å². The maximum atomic E-state index is 12.9. The van der Waals surface area contributed by atoms with Crippen LogP contribution < -0.4 is 4.72 Å². The Bertz CT molecular complexity index is 980. The molecule has 0 spiro atoms. The Morgan fingerprint density at radius 3 is 2.66 bits per heavy atom. The number of likely N-dealkylation sites (tertiary alicyclic amines) is 1. The summed E-state index contributed by atoms with van der Waals surface area (Å²) in [7, 11) is -1.33. The molecule has 2 aromatic rings. The topological polar surface area (TPSA) is 57.6 Å². The first-order valence-electron chi connectivity index (χ1n) is 11.0. The zero-order valence-corrected chi connectivity index (χ0v) is 18.9. The maximum absolute atomic E-state index is 12.9. The van der Waals surface area contributed by atoms with Crippen LogP contribution in [0.2, 0.25) is 0 Å². The van der Waals surface area contributed by atoms with Gasteiger partial charge in [-0.3, -0.25) is 4.90 Å². The molecule has 3 atom stereocenters. The van der Waals surface area contributed by atoms with E-state index in [-0.39, 0.29) is 6.04 Å². The van der Waals surface area contributed by atoms with Crippen molar-refractivity contribution in [3.8, 4) is 0 Å². The van der Waals surface area contributed by atoms with E-state index < -0.39 is 10.2 Å². The zero-order chi connectivity index (χ0) is 20.8. The lowest BCUT2D eigenvalue weighted by Gasteiger charge is -2.47. The van der Waals surface area contributed by atoms with Gasteiger partial charge in [-0.05, 0) is 43.0 Å². The summed E-state index contributed by atoms with van der Waals surface area (Å²) in [4.78, 5) is 2.53. The Kier molecular flexibility index (Phi) is 5.77. The van der Waals surface area contributed by atoms with Gasteiger partial charge in [0.05, 0.1) is 0 Å². The van der Waals surface area contributed by atoms with E-state index >= 15 is 0 Å². The van der Waals surface area contributed by atoms with Crippen molar-refractivity contribution in [2.24, 2.45) is 7.05 Å². The van der Waals surface area contributed by atoms with Gasteiger partial charge in [-0.2, -0.15) is 17.4 Å². The first-order valence-corrected chi connectivity index (χ1v) is 12.4. The predicted molar refractivity (Wildman–Crippen MR) is 118 cm³/mol. The number of aromatic nitrogens is 1. The maximum Gasteiger partial charge on any atom is 0.279 e. The highest BCUT2D eigenvalue weighted by Crippen LogP contribution is 2.44. The Morgan fingerprint density at radius 1 is 1.21 bits per heavy atom. The Labute approximate surface area is 175 Å². The van der Waals surface area contributed by atoms with E-state index in [0.29, 0.717) is 25.0 Å². The lowest BCUT2D eigenvalue weighted by atomic mass is 9.74. The van der Waals surface area contributed by atoms with Crippen LogP contribution in [0.25, 0.3) is 10.9 Å². The predicted octanol–water partition coefficient (Wildman–Crippen LogP) is 2.85. The number of hydrogen-bond donors (Lipinski definition) is 1. The van der Waals surface area contributed by atoms with Crippen molar-refractivity contribution >= 4 is 21.1 Å². The lowest BCUT2D eigenvalue weighted by Crippen LogP contribution is -2.57. The van der Waals surface area contributed by atoms with Gasteiger partial charge < -0.3 is 4.57 Å². The van der Waals surface area contributed by atoms with E-state index in [1.165, 1.54) is 26.3 Å². The van der Waals surface area contributed by atoms with Crippen molar-refractivity contribution in [2.45, 2.75) is 58.0 Å². The SMILES string of the molecule is CCCN1C[C@@H](NS(=O)(=O)N(CC)CC)C[C@@H]2c3cccc4c3c(cn4C)C[C@H]21. The number of fused-ring (bicyclic) bond motifs is 2. The summed E-state index contributed by atoms with van der Waals surface area (Å²) in [5.41, 5.74) is 4.11. The third-order valence-electron chi connectivity index (χ3n) is 6.75. The molecule has 0 amide bonds. The molecule has 1 aromatic heterocycles. The van der Waals surface area contributed by atoms with E-state index in [1.807, 2.05) is 13.8 Å². The molecule has 2 aliphatic rings. The Morgan fingerprint density at radius 2 is 1.97 bits per heavy atom. The quantitative estimate of drug-likeness (QED) is 0.752. The van der Waals surface area contributed by atoms with Crippen molar-refractivity contribution in [3.05, 3.63) is 35.5 Å².